The van der Waals surface area contributed by atoms with Crippen LogP contribution < -0.4 is 10.6 Å². The molecule has 1 fully saturated rings. The van der Waals surface area contributed by atoms with Crippen molar-refractivity contribution in [2.24, 2.45) is 0 Å². The standard InChI is InChI=1S/C14H16BrN5O/c15-10-3-1-4-11(7-10)18-13-9-17-20-14(19-13)16-8-12-5-2-6-21-12/h1,3-4,7,9,12H,2,5-6,8H2,(H2,16,18,19,20). The summed E-state index contributed by atoms with van der Waals surface area (Å²) in [4.78, 5) is 4.39. The van der Waals surface area contributed by atoms with E-state index in [-0.39, 0.29) is 6.10 Å². The maximum atomic E-state index is 5.55. The fourth-order valence-corrected chi connectivity index (χ4v) is 2.56. The smallest absolute Gasteiger partial charge is 0.244 e. The molecule has 110 valence electrons. The monoisotopic (exact) mass is 349 g/mol. The Morgan fingerprint density at radius 2 is 2.33 bits per heavy atom. The Kier molecular flexibility index (Phi) is 4.62. The van der Waals surface area contributed by atoms with Crippen molar-refractivity contribution in [3.63, 3.8) is 0 Å². The van der Waals surface area contributed by atoms with Gasteiger partial charge in [-0.1, -0.05) is 22.0 Å². The molecule has 2 aromatic rings. The summed E-state index contributed by atoms with van der Waals surface area (Å²) in [6, 6.07) is 7.86. The van der Waals surface area contributed by atoms with E-state index in [1.807, 2.05) is 24.3 Å². The topological polar surface area (TPSA) is 72.0 Å². The van der Waals surface area contributed by atoms with Crippen LogP contribution in [0.2, 0.25) is 0 Å². The van der Waals surface area contributed by atoms with Gasteiger partial charge in [-0.2, -0.15) is 10.1 Å². The molecule has 7 heteroatoms. The molecule has 0 bridgehead atoms. The van der Waals surface area contributed by atoms with E-state index in [4.69, 9.17) is 4.74 Å². The molecular formula is C14H16BrN5O. The van der Waals surface area contributed by atoms with Gasteiger partial charge in [-0.3, -0.25) is 0 Å². The van der Waals surface area contributed by atoms with Crippen molar-refractivity contribution in [1.82, 2.24) is 15.2 Å². The minimum absolute atomic E-state index is 0.246. The third-order valence-corrected chi connectivity index (χ3v) is 3.66. The molecule has 1 saturated heterocycles. The Bertz CT molecular complexity index is 603. The van der Waals surface area contributed by atoms with E-state index in [2.05, 4.69) is 41.7 Å². The van der Waals surface area contributed by atoms with Crippen LogP contribution in [0, 0.1) is 0 Å². The largest absolute Gasteiger partial charge is 0.376 e. The Morgan fingerprint density at radius 1 is 1.38 bits per heavy atom. The summed E-state index contributed by atoms with van der Waals surface area (Å²) in [7, 11) is 0. The molecule has 0 saturated carbocycles. The van der Waals surface area contributed by atoms with Gasteiger partial charge in [0.15, 0.2) is 5.82 Å². The van der Waals surface area contributed by atoms with Crippen molar-refractivity contribution < 1.29 is 4.74 Å². The highest BCUT2D eigenvalue weighted by Gasteiger charge is 2.15. The van der Waals surface area contributed by atoms with Crippen molar-refractivity contribution in [2.45, 2.75) is 18.9 Å². The first-order valence-electron chi connectivity index (χ1n) is 6.87. The van der Waals surface area contributed by atoms with Crippen LogP contribution in [0.1, 0.15) is 12.8 Å². The Balaban J connectivity index is 1.62. The zero-order chi connectivity index (χ0) is 14.5. The van der Waals surface area contributed by atoms with Crippen LogP contribution in [0.15, 0.2) is 34.9 Å². The highest BCUT2D eigenvalue weighted by atomic mass is 79.9. The van der Waals surface area contributed by atoms with Gasteiger partial charge in [0.25, 0.3) is 0 Å². The summed E-state index contributed by atoms with van der Waals surface area (Å²) < 4.78 is 6.56. The normalized spacial score (nSPS) is 17.7. The molecule has 1 aliphatic heterocycles. The zero-order valence-corrected chi connectivity index (χ0v) is 13.0. The summed E-state index contributed by atoms with van der Waals surface area (Å²) in [5.41, 5.74) is 0.940. The van der Waals surface area contributed by atoms with Crippen LogP contribution in [0.5, 0.6) is 0 Å². The first-order chi connectivity index (χ1) is 10.3. The molecule has 0 amide bonds. The Morgan fingerprint density at radius 3 is 3.14 bits per heavy atom. The van der Waals surface area contributed by atoms with Crippen molar-refractivity contribution in [3.8, 4) is 0 Å². The molecule has 1 aromatic heterocycles. The van der Waals surface area contributed by atoms with Gasteiger partial charge in [-0.15, -0.1) is 5.10 Å². The molecule has 2 N–H and O–H groups in total. The number of rotatable bonds is 5. The summed E-state index contributed by atoms with van der Waals surface area (Å²) in [6.45, 7) is 1.55. The number of nitrogens with one attached hydrogen (secondary N) is 2. The van der Waals surface area contributed by atoms with Crippen LogP contribution in [-0.4, -0.2) is 34.4 Å². The second-order valence-electron chi connectivity index (χ2n) is 4.82. The number of benzene rings is 1. The maximum Gasteiger partial charge on any atom is 0.244 e. The summed E-state index contributed by atoms with van der Waals surface area (Å²) >= 11 is 3.44. The number of aromatic nitrogens is 3. The van der Waals surface area contributed by atoms with Gasteiger partial charge < -0.3 is 15.4 Å². The van der Waals surface area contributed by atoms with E-state index in [9.17, 15) is 0 Å². The number of hydrogen-bond acceptors (Lipinski definition) is 6. The maximum absolute atomic E-state index is 5.55. The molecule has 6 nitrogen and oxygen atoms in total. The van der Waals surface area contributed by atoms with Gasteiger partial charge in [0.2, 0.25) is 5.95 Å². The van der Waals surface area contributed by atoms with Gasteiger partial charge in [0.05, 0.1) is 12.3 Å². The molecule has 0 aliphatic carbocycles. The van der Waals surface area contributed by atoms with Gasteiger partial charge in [0, 0.05) is 23.3 Å². The van der Waals surface area contributed by atoms with E-state index in [1.54, 1.807) is 6.20 Å². The fraction of sp³-hybridized carbons (Fsp3) is 0.357. The zero-order valence-electron chi connectivity index (χ0n) is 11.4. The van der Waals surface area contributed by atoms with Crippen molar-refractivity contribution >= 4 is 33.4 Å². The highest BCUT2D eigenvalue weighted by molar-refractivity contribution is 9.10. The number of nitrogens with zero attached hydrogens (tertiary/aromatic N) is 3. The predicted octanol–water partition coefficient (Wildman–Crippen LogP) is 2.97. The van der Waals surface area contributed by atoms with Crippen molar-refractivity contribution in [1.29, 1.82) is 0 Å². The molecule has 1 aliphatic rings. The minimum Gasteiger partial charge on any atom is -0.376 e. The second kappa shape index (κ2) is 6.82. The lowest BCUT2D eigenvalue weighted by atomic mass is 10.2. The molecule has 1 aromatic carbocycles. The van der Waals surface area contributed by atoms with E-state index < -0.39 is 0 Å². The van der Waals surface area contributed by atoms with Gasteiger partial charge >= 0.3 is 0 Å². The van der Waals surface area contributed by atoms with E-state index in [0.29, 0.717) is 18.3 Å². The third kappa shape index (κ3) is 4.12. The predicted molar refractivity (Wildman–Crippen MR) is 84.7 cm³/mol. The van der Waals surface area contributed by atoms with E-state index in [1.165, 1.54) is 0 Å². The van der Waals surface area contributed by atoms with Crippen LogP contribution >= 0.6 is 15.9 Å². The van der Waals surface area contributed by atoms with Crippen LogP contribution in [0.4, 0.5) is 17.5 Å². The van der Waals surface area contributed by atoms with Crippen LogP contribution in [0.25, 0.3) is 0 Å². The highest BCUT2D eigenvalue weighted by Crippen LogP contribution is 2.19. The molecule has 0 radical (unpaired) electrons. The Hall–Kier alpha value is -1.73. The Labute approximate surface area is 131 Å². The quantitative estimate of drug-likeness (QED) is 0.864. The van der Waals surface area contributed by atoms with Crippen molar-refractivity contribution in [2.75, 3.05) is 23.8 Å². The molecule has 3 rings (SSSR count). The van der Waals surface area contributed by atoms with Crippen LogP contribution in [0.3, 0.4) is 0 Å². The molecule has 1 unspecified atom stereocenters. The second-order valence-corrected chi connectivity index (χ2v) is 5.73. The van der Waals surface area contributed by atoms with Crippen molar-refractivity contribution in [3.05, 3.63) is 34.9 Å². The van der Waals surface area contributed by atoms with Gasteiger partial charge in [0.1, 0.15) is 0 Å². The number of hydrogen-bond donors (Lipinski definition) is 2. The third-order valence-electron chi connectivity index (χ3n) is 3.17. The summed E-state index contributed by atoms with van der Waals surface area (Å²) in [5, 5.41) is 14.3. The SMILES string of the molecule is Brc1cccc(Nc2cnnc(NCC3CCCO3)n2)c1. The minimum atomic E-state index is 0.246. The van der Waals surface area contributed by atoms with Gasteiger partial charge in [-0.25, -0.2) is 0 Å². The number of ether oxygens (including phenoxy) is 1. The number of anilines is 3. The van der Waals surface area contributed by atoms with E-state index >= 15 is 0 Å². The van der Waals surface area contributed by atoms with E-state index in [0.717, 1.165) is 29.6 Å². The summed E-state index contributed by atoms with van der Waals surface area (Å²) in [6.07, 6.45) is 4.04. The first kappa shape index (κ1) is 14.2. The molecule has 0 spiro atoms. The average molecular weight is 350 g/mol. The molecule has 21 heavy (non-hydrogen) atoms. The van der Waals surface area contributed by atoms with Gasteiger partial charge in [-0.05, 0) is 31.0 Å². The lowest BCUT2D eigenvalue weighted by Gasteiger charge is -2.11. The molecule has 2 heterocycles. The lowest BCUT2D eigenvalue weighted by Crippen LogP contribution is -2.20. The molecule has 1 atom stereocenters. The molecular weight excluding hydrogens is 334 g/mol. The summed E-state index contributed by atoms with van der Waals surface area (Å²) in [5.74, 6) is 1.16. The van der Waals surface area contributed by atoms with Crippen LogP contribution in [-0.2, 0) is 4.74 Å². The average Bonchev–Trinajstić information content (AvgIpc) is 2.99. The fourth-order valence-electron chi connectivity index (χ4n) is 2.16. The lowest BCUT2D eigenvalue weighted by molar-refractivity contribution is 0.120. The first-order valence-corrected chi connectivity index (χ1v) is 7.67. The number of halogens is 1.